The minimum absolute atomic E-state index is 0.00779. The van der Waals surface area contributed by atoms with E-state index in [1.807, 2.05) is 0 Å². The van der Waals surface area contributed by atoms with E-state index in [9.17, 15) is 14.4 Å². The number of hydrogen-bond donors (Lipinski definition) is 2. The molecule has 10 nitrogen and oxygen atoms in total. The smallest absolute Gasteiger partial charge is 0.432 e. The summed E-state index contributed by atoms with van der Waals surface area (Å²) in [6.45, 7) is 11.0. The Morgan fingerprint density at radius 2 is 1.65 bits per heavy atom. The van der Waals surface area contributed by atoms with Crippen LogP contribution in [0.15, 0.2) is 6.07 Å². The fourth-order valence-electron chi connectivity index (χ4n) is 3.91. The normalized spacial score (nSPS) is 17.9. The van der Waals surface area contributed by atoms with Crippen molar-refractivity contribution in [3.8, 4) is 0 Å². The molecule has 0 aromatic heterocycles. The predicted molar refractivity (Wildman–Crippen MR) is 139 cm³/mol. The fourth-order valence-corrected chi connectivity index (χ4v) is 4.27. The predicted octanol–water partition coefficient (Wildman–Crippen LogP) is 4.75. The molecule has 0 unspecified atom stereocenters. The number of nitrogens with zero attached hydrogens (tertiary/aromatic N) is 3. The van der Waals surface area contributed by atoms with Crippen molar-refractivity contribution in [3.05, 3.63) is 22.5 Å². The zero-order chi connectivity index (χ0) is 27.9. The molecule has 2 aliphatic rings. The summed E-state index contributed by atoms with van der Waals surface area (Å²) in [5.74, 6) is 4.06. The van der Waals surface area contributed by atoms with Gasteiger partial charge in [0.05, 0.1) is 28.0 Å². The fraction of sp³-hybridized carbons (Fsp3) is 0.640. The van der Waals surface area contributed by atoms with Gasteiger partial charge in [-0.25, -0.2) is 19.8 Å². The van der Waals surface area contributed by atoms with Crippen molar-refractivity contribution in [3.63, 3.8) is 0 Å². The number of amides is 3. The van der Waals surface area contributed by atoms with Crippen molar-refractivity contribution in [2.45, 2.75) is 84.1 Å². The second kappa shape index (κ2) is 10.5. The number of carbonyl (C=O) groups is 3. The Bertz CT molecular complexity index is 1070. The molecule has 1 aromatic rings. The molecule has 12 heteroatoms. The average molecular weight is 542 g/mol. The standard InChI is InChI=1S/C25H37ClFN5O5/c1-24(2,3)36-22(34)30(7)15-10-11-31(13-15)20-17(27)12-16(19(18(20)26)29-14-8-9-14)21(33)32(28)23(35)37-25(4,5)6/h12,14-15,29H,8-11,13,28H2,1-7H3/t15-/m0/s1. The van der Waals surface area contributed by atoms with Crippen molar-refractivity contribution < 1.29 is 28.2 Å². The highest BCUT2D eigenvalue weighted by Gasteiger charge is 2.36. The van der Waals surface area contributed by atoms with Gasteiger partial charge in [-0.1, -0.05) is 11.6 Å². The van der Waals surface area contributed by atoms with E-state index in [0.29, 0.717) is 24.5 Å². The van der Waals surface area contributed by atoms with Crippen LogP contribution in [0.25, 0.3) is 0 Å². The molecule has 1 saturated carbocycles. The largest absolute Gasteiger partial charge is 0.444 e. The van der Waals surface area contributed by atoms with Gasteiger partial charge in [-0.3, -0.25) is 4.79 Å². The third-order valence-corrected chi connectivity index (χ3v) is 6.24. The second-order valence-electron chi connectivity index (χ2n) is 11.5. The molecule has 1 heterocycles. The van der Waals surface area contributed by atoms with Gasteiger partial charge in [0.15, 0.2) is 0 Å². The minimum Gasteiger partial charge on any atom is -0.444 e. The lowest BCUT2D eigenvalue weighted by atomic mass is 10.1. The van der Waals surface area contributed by atoms with Gasteiger partial charge in [0.2, 0.25) is 0 Å². The number of benzene rings is 1. The molecule has 0 bridgehead atoms. The number of likely N-dealkylation sites (N-methyl/N-ethyl adjacent to an activating group) is 1. The molecule has 1 aromatic carbocycles. The highest BCUT2D eigenvalue weighted by atomic mass is 35.5. The Morgan fingerprint density at radius 3 is 2.19 bits per heavy atom. The Labute approximate surface area is 222 Å². The molecule has 0 radical (unpaired) electrons. The van der Waals surface area contributed by atoms with Crippen molar-refractivity contribution in [1.82, 2.24) is 9.91 Å². The lowest BCUT2D eigenvalue weighted by molar-refractivity contribution is 0.0225. The van der Waals surface area contributed by atoms with Gasteiger partial charge in [0.25, 0.3) is 5.91 Å². The number of hydrazine groups is 1. The third kappa shape index (κ3) is 7.16. The van der Waals surface area contributed by atoms with Crippen LogP contribution >= 0.6 is 11.6 Å². The summed E-state index contributed by atoms with van der Waals surface area (Å²) in [5.41, 5.74) is -1.37. The summed E-state index contributed by atoms with van der Waals surface area (Å²) in [4.78, 5) is 41.3. The molecule has 0 spiro atoms. The maximum absolute atomic E-state index is 15.5. The first-order valence-electron chi connectivity index (χ1n) is 12.3. The number of rotatable bonds is 5. The van der Waals surface area contributed by atoms with Crippen LogP contribution in [0.2, 0.25) is 5.02 Å². The zero-order valence-electron chi connectivity index (χ0n) is 22.5. The Balaban J connectivity index is 1.88. The van der Waals surface area contributed by atoms with Crippen LogP contribution in [0, 0.1) is 5.82 Å². The van der Waals surface area contributed by atoms with Gasteiger partial charge in [0, 0.05) is 26.2 Å². The van der Waals surface area contributed by atoms with E-state index in [0.717, 1.165) is 18.9 Å². The first-order chi connectivity index (χ1) is 17.0. The van der Waals surface area contributed by atoms with Gasteiger partial charge in [-0.05, 0) is 66.9 Å². The van der Waals surface area contributed by atoms with Crippen LogP contribution in [-0.2, 0) is 9.47 Å². The summed E-state index contributed by atoms with van der Waals surface area (Å²) in [7, 11) is 1.65. The van der Waals surface area contributed by atoms with Crippen molar-refractivity contribution in [2.24, 2.45) is 5.84 Å². The summed E-state index contributed by atoms with van der Waals surface area (Å²) >= 11 is 6.71. The molecule has 37 heavy (non-hydrogen) atoms. The number of carbonyl (C=O) groups excluding carboxylic acids is 3. The molecule has 1 aliphatic heterocycles. The van der Waals surface area contributed by atoms with E-state index in [1.54, 1.807) is 53.5 Å². The Kier molecular flexibility index (Phi) is 8.19. The number of hydrogen-bond acceptors (Lipinski definition) is 8. The summed E-state index contributed by atoms with van der Waals surface area (Å²) < 4.78 is 26.1. The molecule has 3 N–H and O–H groups in total. The minimum atomic E-state index is -1.07. The van der Waals surface area contributed by atoms with Gasteiger partial charge < -0.3 is 24.6 Å². The average Bonchev–Trinajstić information content (AvgIpc) is 3.45. The van der Waals surface area contributed by atoms with E-state index in [2.05, 4.69) is 5.32 Å². The first kappa shape index (κ1) is 28.8. The molecule has 206 valence electrons. The van der Waals surface area contributed by atoms with E-state index in [4.69, 9.17) is 26.9 Å². The lowest BCUT2D eigenvalue weighted by Gasteiger charge is -2.29. The number of ether oxygens (including phenoxy) is 2. The van der Waals surface area contributed by atoms with Crippen molar-refractivity contribution in [2.75, 3.05) is 30.4 Å². The highest BCUT2D eigenvalue weighted by molar-refractivity contribution is 6.37. The van der Waals surface area contributed by atoms with Gasteiger partial charge in [-0.2, -0.15) is 5.01 Å². The summed E-state index contributed by atoms with van der Waals surface area (Å²) in [6, 6.07) is 0.876. The molecule has 3 rings (SSSR count). The van der Waals surface area contributed by atoms with E-state index in [1.165, 1.54) is 4.90 Å². The number of anilines is 2. The van der Waals surface area contributed by atoms with Crippen LogP contribution < -0.4 is 16.1 Å². The van der Waals surface area contributed by atoms with Gasteiger partial charge in [-0.15, -0.1) is 0 Å². The number of nitrogens with one attached hydrogen (secondary N) is 1. The number of nitrogens with two attached hydrogens (primary N) is 1. The molecular weight excluding hydrogens is 505 g/mol. The maximum Gasteiger partial charge on any atom is 0.432 e. The summed E-state index contributed by atoms with van der Waals surface area (Å²) in [5, 5.41) is 3.50. The van der Waals surface area contributed by atoms with Gasteiger partial charge in [0.1, 0.15) is 17.0 Å². The Hall–Kier alpha value is -2.79. The molecule has 2 fully saturated rings. The van der Waals surface area contributed by atoms with Crippen LogP contribution in [0.1, 0.15) is 71.2 Å². The van der Waals surface area contributed by atoms with Crippen molar-refractivity contribution >= 4 is 41.1 Å². The van der Waals surface area contributed by atoms with E-state index < -0.39 is 35.1 Å². The SMILES string of the molecule is CN(C(=O)OC(C)(C)C)[C@H]1CCN(c2c(F)cc(C(=O)N(N)C(=O)OC(C)(C)C)c(NC3CC3)c2Cl)C1. The third-order valence-electron chi connectivity index (χ3n) is 5.87. The molecule has 3 amide bonds. The number of imide groups is 1. The zero-order valence-corrected chi connectivity index (χ0v) is 23.2. The summed E-state index contributed by atoms with van der Waals surface area (Å²) in [6.07, 6.45) is 0.770. The highest BCUT2D eigenvalue weighted by Crippen LogP contribution is 2.42. The second-order valence-corrected chi connectivity index (χ2v) is 11.9. The quantitative estimate of drug-likeness (QED) is 0.311. The monoisotopic (exact) mass is 541 g/mol. The lowest BCUT2D eigenvalue weighted by Crippen LogP contribution is -2.45. The number of halogens is 2. The molecule has 1 saturated heterocycles. The Morgan fingerprint density at radius 1 is 1.08 bits per heavy atom. The van der Waals surface area contributed by atoms with E-state index in [-0.39, 0.29) is 34.0 Å². The molecular formula is C25H37ClFN5O5. The van der Waals surface area contributed by atoms with E-state index >= 15 is 4.39 Å². The maximum atomic E-state index is 15.5. The first-order valence-corrected chi connectivity index (χ1v) is 12.7. The molecule has 1 aliphatic carbocycles. The van der Waals surface area contributed by atoms with Crippen LogP contribution in [0.3, 0.4) is 0 Å². The topological polar surface area (TPSA) is 117 Å². The molecule has 1 atom stereocenters. The van der Waals surface area contributed by atoms with Gasteiger partial charge >= 0.3 is 12.2 Å². The van der Waals surface area contributed by atoms with Crippen molar-refractivity contribution in [1.29, 1.82) is 0 Å². The van der Waals surface area contributed by atoms with Crippen LogP contribution in [-0.4, -0.2) is 71.4 Å². The van der Waals surface area contributed by atoms with Crippen LogP contribution in [0.5, 0.6) is 0 Å². The van der Waals surface area contributed by atoms with Crippen LogP contribution in [0.4, 0.5) is 25.4 Å².